The second-order valence-electron chi connectivity index (χ2n) is 12.6. The van der Waals surface area contributed by atoms with Crippen LogP contribution in [0, 0.1) is 17.0 Å². The summed E-state index contributed by atoms with van der Waals surface area (Å²) < 4.78 is 53.2. The monoisotopic (exact) mass is 549 g/mol. The van der Waals surface area contributed by atoms with E-state index in [2.05, 4.69) is 10.2 Å². The largest absolute Gasteiger partial charge is 0.489 e. The molecule has 1 spiro atoms. The van der Waals surface area contributed by atoms with Crippen molar-refractivity contribution in [3.63, 3.8) is 0 Å². The van der Waals surface area contributed by atoms with Crippen LogP contribution in [0.1, 0.15) is 55.5 Å². The number of nitrogens with one attached hydrogen (secondary N) is 1. The Morgan fingerprint density at radius 3 is 2.38 bits per heavy atom. The second kappa shape index (κ2) is 10.4. The zero-order valence-corrected chi connectivity index (χ0v) is 23.5. The molecule has 3 heterocycles. The maximum Gasteiger partial charge on any atom is 0.133 e. The molecule has 3 aliphatic rings. The molecule has 6 rings (SSSR count). The number of nitrogens with zero attached hydrogens (tertiary/aromatic N) is 2. The molecule has 40 heavy (non-hydrogen) atoms. The first-order chi connectivity index (χ1) is 19.1. The number of alkyl halides is 1. The summed E-state index contributed by atoms with van der Waals surface area (Å²) in [4.78, 5) is 4.01. The maximum atomic E-state index is 16.0. The van der Waals surface area contributed by atoms with Crippen molar-refractivity contribution < 1.29 is 17.9 Å². The molecule has 4 nitrogen and oxygen atoms in total. The van der Waals surface area contributed by atoms with Gasteiger partial charge in [0.1, 0.15) is 29.7 Å². The highest BCUT2D eigenvalue weighted by molar-refractivity contribution is 5.53. The predicted octanol–water partition coefficient (Wildman–Crippen LogP) is 6.43. The van der Waals surface area contributed by atoms with Crippen LogP contribution in [-0.4, -0.2) is 49.3 Å². The van der Waals surface area contributed by atoms with Crippen molar-refractivity contribution in [2.45, 2.75) is 58.0 Å². The van der Waals surface area contributed by atoms with Gasteiger partial charge in [0, 0.05) is 55.4 Å². The molecule has 1 unspecified atom stereocenters. The highest BCUT2D eigenvalue weighted by atomic mass is 19.1. The zero-order chi connectivity index (χ0) is 28.1. The predicted molar refractivity (Wildman–Crippen MR) is 153 cm³/mol. The smallest absolute Gasteiger partial charge is 0.133 e. The first-order valence-electron chi connectivity index (χ1n) is 14.3. The van der Waals surface area contributed by atoms with E-state index in [9.17, 15) is 0 Å². The van der Waals surface area contributed by atoms with Gasteiger partial charge in [-0.05, 0) is 74.6 Å². The fourth-order valence-corrected chi connectivity index (χ4v) is 6.66. The molecule has 2 fully saturated rings. The molecule has 7 heteroatoms. The van der Waals surface area contributed by atoms with Crippen LogP contribution in [0.4, 0.5) is 18.9 Å². The van der Waals surface area contributed by atoms with Crippen LogP contribution < -0.4 is 15.0 Å². The minimum atomic E-state index is -1.53. The molecule has 0 radical (unpaired) electrons. The van der Waals surface area contributed by atoms with E-state index in [1.807, 2.05) is 60.4 Å². The van der Waals surface area contributed by atoms with E-state index in [-0.39, 0.29) is 23.6 Å². The van der Waals surface area contributed by atoms with E-state index in [1.54, 1.807) is 0 Å². The van der Waals surface area contributed by atoms with E-state index >= 15 is 13.2 Å². The lowest BCUT2D eigenvalue weighted by Gasteiger charge is -2.44. The van der Waals surface area contributed by atoms with Crippen LogP contribution in [-0.2, 0) is 13.0 Å². The SMILES string of the molecule is C[C@@H]1Cc2cc(OCc3ccccc3)ccc2C(c2c(F)cc(N3CCC4(CNC4)C3)cc2F)N1CC(C)(C)F. The lowest BCUT2D eigenvalue weighted by molar-refractivity contribution is 0.0652. The van der Waals surface area contributed by atoms with Gasteiger partial charge in [0.25, 0.3) is 0 Å². The Hall–Kier alpha value is -3.03. The third-order valence-electron chi connectivity index (χ3n) is 8.77. The molecule has 3 aliphatic heterocycles. The average Bonchev–Trinajstić information content (AvgIpc) is 3.35. The molecular weight excluding hydrogens is 511 g/mol. The van der Waals surface area contributed by atoms with Crippen molar-refractivity contribution >= 4 is 5.69 Å². The van der Waals surface area contributed by atoms with E-state index in [1.165, 1.54) is 26.0 Å². The lowest BCUT2D eigenvalue weighted by atomic mass is 9.81. The Bertz CT molecular complexity index is 1350. The molecule has 0 saturated carbocycles. The van der Waals surface area contributed by atoms with Gasteiger partial charge in [0.2, 0.25) is 0 Å². The van der Waals surface area contributed by atoms with Crippen LogP contribution in [0.3, 0.4) is 0 Å². The summed E-state index contributed by atoms with van der Waals surface area (Å²) in [5.41, 5.74) is 2.07. The van der Waals surface area contributed by atoms with Gasteiger partial charge in [-0.15, -0.1) is 0 Å². The molecule has 0 amide bonds. The summed E-state index contributed by atoms with van der Waals surface area (Å²) in [5, 5.41) is 3.33. The summed E-state index contributed by atoms with van der Waals surface area (Å²) in [7, 11) is 0. The standard InChI is InChI=1S/C33H38F3N3O/c1-22-13-24-14-26(40-17-23-7-5-4-6-8-23)9-10-27(24)31(39(22)20-32(2,3)36)30-28(34)15-25(16-29(30)35)38-12-11-33(21-38)18-37-19-33/h4-10,14-16,22,31,37H,11-13,17-21H2,1-3H3/t22-,31?/m1/s1. The van der Waals surface area contributed by atoms with Gasteiger partial charge in [-0.3, -0.25) is 4.90 Å². The Kier molecular flexibility index (Phi) is 7.07. The fraction of sp³-hybridized carbons (Fsp3) is 0.455. The second-order valence-corrected chi connectivity index (χ2v) is 12.6. The van der Waals surface area contributed by atoms with Gasteiger partial charge in [0.15, 0.2) is 0 Å². The van der Waals surface area contributed by atoms with Gasteiger partial charge >= 0.3 is 0 Å². The van der Waals surface area contributed by atoms with Gasteiger partial charge in [0.05, 0.1) is 6.04 Å². The van der Waals surface area contributed by atoms with E-state index in [0.717, 1.165) is 49.3 Å². The van der Waals surface area contributed by atoms with E-state index in [0.29, 0.717) is 24.5 Å². The Morgan fingerprint density at radius 1 is 1.02 bits per heavy atom. The number of anilines is 1. The van der Waals surface area contributed by atoms with Gasteiger partial charge in [-0.2, -0.15) is 0 Å². The molecule has 3 aromatic carbocycles. The number of hydrogen-bond acceptors (Lipinski definition) is 4. The minimum absolute atomic E-state index is 0.0158. The van der Waals surface area contributed by atoms with Crippen LogP contribution >= 0.6 is 0 Å². The maximum absolute atomic E-state index is 16.0. The summed E-state index contributed by atoms with van der Waals surface area (Å²) in [5.74, 6) is -0.463. The van der Waals surface area contributed by atoms with Crippen LogP contribution in [0.15, 0.2) is 60.7 Å². The first-order valence-corrected chi connectivity index (χ1v) is 14.3. The number of halogens is 3. The number of benzene rings is 3. The lowest BCUT2D eigenvalue weighted by Crippen LogP contribution is -2.54. The molecule has 0 aliphatic carbocycles. The summed E-state index contributed by atoms with van der Waals surface area (Å²) in [6.45, 7) is 9.02. The van der Waals surface area contributed by atoms with Gasteiger partial charge in [-0.25, -0.2) is 13.2 Å². The highest BCUT2D eigenvalue weighted by Gasteiger charge is 2.44. The first kappa shape index (κ1) is 27.2. The average molecular weight is 550 g/mol. The van der Waals surface area contributed by atoms with E-state index < -0.39 is 23.3 Å². The Morgan fingerprint density at radius 2 is 1.75 bits per heavy atom. The zero-order valence-electron chi connectivity index (χ0n) is 23.5. The van der Waals surface area contributed by atoms with Crippen LogP contribution in [0.5, 0.6) is 5.75 Å². The van der Waals surface area contributed by atoms with Crippen molar-refractivity contribution in [2.75, 3.05) is 37.6 Å². The molecule has 1 N–H and O–H groups in total. The van der Waals surface area contributed by atoms with Gasteiger partial charge in [-0.1, -0.05) is 36.4 Å². The van der Waals surface area contributed by atoms with Crippen molar-refractivity contribution in [1.29, 1.82) is 0 Å². The van der Waals surface area contributed by atoms with Crippen molar-refractivity contribution in [2.24, 2.45) is 5.41 Å². The van der Waals surface area contributed by atoms with Crippen molar-refractivity contribution in [1.82, 2.24) is 10.2 Å². The molecule has 3 aromatic rings. The number of ether oxygens (including phenoxy) is 1. The Labute approximate surface area is 235 Å². The molecule has 2 atom stereocenters. The van der Waals surface area contributed by atoms with Crippen molar-refractivity contribution in [3.05, 3.63) is 94.6 Å². The normalized spacial score (nSPS) is 22.3. The molecule has 212 valence electrons. The Balaban J connectivity index is 1.34. The third kappa shape index (κ3) is 5.34. The van der Waals surface area contributed by atoms with Crippen molar-refractivity contribution in [3.8, 4) is 5.75 Å². The summed E-state index contributed by atoms with van der Waals surface area (Å²) >= 11 is 0. The van der Waals surface area contributed by atoms with Crippen LogP contribution in [0.25, 0.3) is 0 Å². The number of fused-ring (bicyclic) bond motifs is 1. The molecule has 0 bridgehead atoms. The highest BCUT2D eigenvalue weighted by Crippen LogP contribution is 2.44. The van der Waals surface area contributed by atoms with Crippen LogP contribution in [0.2, 0.25) is 0 Å². The van der Waals surface area contributed by atoms with E-state index in [4.69, 9.17) is 4.74 Å². The number of hydrogen-bond donors (Lipinski definition) is 1. The van der Waals surface area contributed by atoms with Gasteiger partial charge < -0.3 is 15.0 Å². The number of rotatable bonds is 7. The third-order valence-corrected chi connectivity index (χ3v) is 8.77. The topological polar surface area (TPSA) is 27.7 Å². The molecule has 0 aromatic heterocycles. The summed E-state index contributed by atoms with van der Waals surface area (Å²) in [6, 6.07) is 17.7. The summed E-state index contributed by atoms with van der Waals surface area (Å²) in [6.07, 6.45) is 1.65. The quantitative estimate of drug-likeness (QED) is 0.368. The molecule has 2 saturated heterocycles. The fourth-order valence-electron chi connectivity index (χ4n) is 6.66. The minimum Gasteiger partial charge on any atom is -0.489 e. The molecular formula is C33H38F3N3O.